The third kappa shape index (κ3) is 5.70. The van der Waals surface area contributed by atoms with Gasteiger partial charge in [0.15, 0.2) is 11.0 Å². The van der Waals surface area contributed by atoms with Gasteiger partial charge < -0.3 is 10.1 Å². The lowest BCUT2D eigenvalue weighted by molar-refractivity contribution is -0.384. The number of non-ortho nitro benzene ring substituents is 1. The van der Waals surface area contributed by atoms with Crippen molar-refractivity contribution in [1.82, 2.24) is 14.8 Å². The summed E-state index contributed by atoms with van der Waals surface area (Å²) in [5, 5.41) is 18.7. The number of carbonyl (C=O) groups is 2. The van der Waals surface area contributed by atoms with Gasteiger partial charge >= 0.3 is 0 Å². The Kier molecular flexibility index (Phi) is 7.62. The molecule has 1 amide bonds. The number of amides is 1. The summed E-state index contributed by atoms with van der Waals surface area (Å²) in [5.41, 5.74) is 1.17. The third-order valence-corrected chi connectivity index (χ3v) is 6.08. The normalized spacial score (nSPS) is 10.6. The number of benzene rings is 3. The van der Waals surface area contributed by atoms with Crippen LogP contribution in [0.2, 0.25) is 5.02 Å². The lowest BCUT2D eigenvalue weighted by Crippen LogP contribution is -2.18. The maximum absolute atomic E-state index is 13.2. The highest BCUT2D eigenvalue weighted by Crippen LogP contribution is 2.29. The van der Waals surface area contributed by atoms with Crippen LogP contribution in [0.4, 0.5) is 11.4 Å². The van der Waals surface area contributed by atoms with Crippen molar-refractivity contribution in [2.24, 2.45) is 0 Å². The number of nitro benzene ring substituents is 1. The molecule has 1 N–H and O–H groups in total. The lowest BCUT2D eigenvalue weighted by Gasteiger charge is -2.10. The fraction of sp³-hybridized carbons (Fsp3) is 0.0833. The number of hydrogen-bond acceptors (Lipinski definition) is 8. The van der Waals surface area contributed by atoms with Crippen LogP contribution in [-0.4, -0.2) is 44.4 Å². The topological polar surface area (TPSA) is 129 Å². The minimum Gasteiger partial charge on any atom is -0.494 e. The maximum Gasteiger partial charge on any atom is 0.280 e. The van der Waals surface area contributed by atoms with Gasteiger partial charge in [0, 0.05) is 22.2 Å². The van der Waals surface area contributed by atoms with E-state index in [9.17, 15) is 19.7 Å². The zero-order valence-corrected chi connectivity index (χ0v) is 20.3. The summed E-state index contributed by atoms with van der Waals surface area (Å²) in [6.07, 6.45) is 0. The van der Waals surface area contributed by atoms with Crippen molar-refractivity contribution in [2.75, 3.05) is 18.2 Å². The van der Waals surface area contributed by atoms with Crippen LogP contribution >= 0.6 is 23.4 Å². The average Bonchev–Trinajstić information content (AvgIpc) is 3.32. The summed E-state index contributed by atoms with van der Waals surface area (Å²) in [4.78, 5) is 40.7. The third-order valence-electron chi connectivity index (χ3n) is 4.90. The van der Waals surface area contributed by atoms with Crippen molar-refractivity contribution in [1.29, 1.82) is 0 Å². The van der Waals surface area contributed by atoms with Gasteiger partial charge in [-0.15, -0.1) is 5.10 Å². The minimum atomic E-state index is -0.557. The van der Waals surface area contributed by atoms with E-state index in [-0.39, 0.29) is 28.0 Å². The summed E-state index contributed by atoms with van der Waals surface area (Å²) in [7, 11) is 1.35. The number of thioether (sulfide) groups is 1. The first kappa shape index (κ1) is 24.9. The molecule has 182 valence electrons. The van der Waals surface area contributed by atoms with Gasteiger partial charge in [0.25, 0.3) is 11.6 Å². The van der Waals surface area contributed by atoms with Gasteiger partial charge in [0.2, 0.25) is 5.91 Å². The van der Waals surface area contributed by atoms with Gasteiger partial charge in [-0.3, -0.25) is 19.7 Å². The molecule has 0 unspecified atom stereocenters. The second-order valence-electron chi connectivity index (χ2n) is 7.29. The Bertz CT molecular complexity index is 1430. The maximum atomic E-state index is 13.2. The van der Waals surface area contributed by atoms with E-state index in [4.69, 9.17) is 16.3 Å². The summed E-state index contributed by atoms with van der Waals surface area (Å²) < 4.78 is 6.30. The summed E-state index contributed by atoms with van der Waals surface area (Å²) in [5.74, 6) is -0.489. The number of rotatable bonds is 8. The molecule has 0 bridgehead atoms. The van der Waals surface area contributed by atoms with Crippen LogP contribution < -0.4 is 10.1 Å². The van der Waals surface area contributed by atoms with Crippen LogP contribution in [-0.2, 0) is 4.79 Å². The first-order chi connectivity index (χ1) is 17.4. The molecule has 12 heteroatoms. The monoisotopic (exact) mass is 523 g/mol. The molecule has 0 aliphatic rings. The van der Waals surface area contributed by atoms with E-state index >= 15 is 0 Å². The van der Waals surface area contributed by atoms with Crippen molar-refractivity contribution in [3.05, 3.63) is 93.5 Å². The number of nitrogens with zero attached hydrogens (tertiary/aromatic N) is 4. The Morgan fingerprint density at radius 3 is 2.50 bits per heavy atom. The summed E-state index contributed by atoms with van der Waals surface area (Å²) >= 11 is 6.96. The number of aromatic nitrogens is 3. The van der Waals surface area contributed by atoms with E-state index < -0.39 is 16.7 Å². The van der Waals surface area contributed by atoms with Crippen molar-refractivity contribution < 1.29 is 19.2 Å². The van der Waals surface area contributed by atoms with E-state index in [0.717, 1.165) is 16.4 Å². The molecule has 1 aromatic heterocycles. The standard InChI is InChI=1S/C24H18ClN5O5S/c1-35-20-13-18(30(33)34)11-12-19(20)26-21(31)14-36-24-27-22(15-5-3-2-4-6-15)28-29(24)23(32)16-7-9-17(25)10-8-16/h2-13H,14H2,1H3,(H,26,31). The van der Waals surface area contributed by atoms with Gasteiger partial charge in [0.05, 0.1) is 29.5 Å². The highest BCUT2D eigenvalue weighted by molar-refractivity contribution is 7.99. The highest BCUT2D eigenvalue weighted by Gasteiger charge is 2.21. The zero-order chi connectivity index (χ0) is 25.7. The molecular weight excluding hydrogens is 506 g/mol. The van der Waals surface area contributed by atoms with Crippen molar-refractivity contribution in [2.45, 2.75) is 5.16 Å². The smallest absolute Gasteiger partial charge is 0.280 e. The van der Waals surface area contributed by atoms with Crippen molar-refractivity contribution >= 4 is 46.6 Å². The van der Waals surface area contributed by atoms with Crippen LogP contribution in [0.15, 0.2) is 78.0 Å². The largest absolute Gasteiger partial charge is 0.494 e. The Hall–Kier alpha value is -4.22. The fourth-order valence-corrected chi connectivity index (χ4v) is 4.02. The Balaban J connectivity index is 1.56. The van der Waals surface area contributed by atoms with E-state index in [1.54, 1.807) is 24.3 Å². The molecule has 10 nitrogen and oxygen atoms in total. The first-order valence-corrected chi connectivity index (χ1v) is 11.8. The van der Waals surface area contributed by atoms with Crippen molar-refractivity contribution in [3.63, 3.8) is 0 Å². The van der Waals surface area contributed by atoms with Gasteiger partial charge in [-0.2, -0.15) is 4.68 Å². The predicted molar refractivity (Wildman–Crippen MR) is 136 cm³/mol. The van der Waals surface area contributed by atoms with Crippen LogP contribution in [0.25, 0.3) is 11.4 Å². The minimum absolute atomic E-state index is 0.110. The Morgan fingerprint density at radius 1 is 1.11 bits per heavy atom. The van der Waals surface area contributed by atoms with E-state index in [2.05, 4.69) is 15.4 Å². The van der Waals surface area contributed by atoms with Crippen molar-refractivity contribution in [3.8, 4) is 17.1 Å². The quantitative estimate of drug-likeness (QED) is 0.195. The molecule has 36 heavy (non-hydrogen) atoms. The van der Waals surface area contributed by atoms with E-state index in [0.29, 0.717) is 22.0 Å². The molecular formula is C24H18ClN5O5S. The predicted octanol–water partition coefficient (Wildman–Crippen LogP) is 4.93. The number of hydrogen-bond donors (Lipinski definition) is 1. The molecule has 0 atom stereocenters. The average molecular weight is 524 g/mol. The number of ether oxygens (including phenoxy) is 1. The highest BCUT2D eigenvalue weighted by atomic mass is 35.5. The molecule has 0 radical (unpaired) electrons. The number of nitro groups is 1. The number of carbonyl (C=O) groups excluding carboxylic acids is 2. The van der Waals surface area contributed by atoms with Crippen LogP contribution in [0, 0.1) is 10.1 Å². The molecule has 0 aliphatic carbocycles. The molecule has 4 aromatic rings. The van der Waals surface area contributed by atoms with Gasteiger partial charge in [-0.25, -0.2) is 4.98 Å². The fourth-order valence-electron chi connectivity index (χ4n) is 3.16. The molecule has 0 fully saturated rings. The molecule has 0 saturated carbocycles. The first-order valence-electron chi connectivity index (χ1n) is 10.4. The van der Waals surface area contributed by atoms with Gasteiger partial charge in [-0.05, 0) is 30.3 Å². The molecule has 4 rings (SSSR count). The number of anilines is 1. The lowest BCUT2D eigenvalue weighted by atomic mass is 10.2. The molecule has 0 saturated heterocycles. The van der Waals surface area contributed by atoms with Crippen LogP contribution in [0.5, 0.6) is 5.75 Å². The summed E-state index contributed by atoms with van der Waals surface area (Å²) in [6, 6.07) is 19.4. The van der Waals surface area contributed by atoms with E-state index in [1.165, 1.54) is 25.3 Å². The molecule has 0 spiro atoms. The molecule has 1 heterocycles. The second-order valence-corrected chi connectivity index (χ2v) is 8.67. The molecule has 0 aliphatic heterocycles. The summed E-state index contributed by atoms with van der Waals surface area (Å²) in [6.45, 7) is 0. The van der Waals surface area contributed by atoms with Gasteiger partial charge in [0.1, 0.15) is 5.75 Å². The zero-order valence-electron chi connectivity index (χ0n) is 18.8. The number of halogens is 1. The second kappa shape index (κ2) is 11.0. The number of methoxy groups -OCH3 is 1. The Morgan fingerprint density at radius 2 is 1.83 bits per heavy atom. The number of nitrogens with one attached hydrogen (secondary N) is 1. The van der Waals surface area contributed by atoms with Gasteiger partial charge in [-0.1, -0.05) is 53.7 Å². The SMILES string of the molecule is COc1cc([N+](=O)[O-])ccc1NC(=O)CSc1nc(-c2ccccc2)nn1C(=O)c1ccc(Cl)cc1. The van der Waals surface area contributed by atoms with Crippen LogP contribution in [0.1, 0.15) is 10.4 Å². The van der Waals surface area contributed by atoms with Crippen LogP contribution in [0.3, 0.4) is 0 Å². The van der Waals surface area contributed by atoms with E-state index in [1.807, 2.05) is 30.3 Å². The Labute approximate surface area is 214 Å². The molecule has 3 aromatic carbocycles.